The van der Waals surface area contributed by atoms with Gasteiger partial charge in [-0.1, -0.05) is 0 Å². The Kier molecular flexibility index (Phi) is 1.88. The topological polar surface area (TPSA) is 61.3 Å². The van der Waals surface area contributed by atoms with Gasteiger partial charge < -0.3 is 15.0 Å². The molecule has 0 radical (unpaired) electrons. The minimum Gasteiger partial charge on any atom is -0.436 e. The minimum atomic E-state index is 0.435. The normalized spacial score (nSPS) is 9.85. The molecule has 4 heteroatoms. The molecule has 0 bridgehead atoms. The van der Waals surface area contributed by atoms with Crippen LogP contribution in [0.15, 0.2) is 41.1 Å². The lowest BCUT2D eigenvalue weighted by atomic mass is 10.3. The van der Waals surface area contributed by atoms with Crippen LogP contribution in [-0.4, -0.2) is 5.16 Å². The lowest BCUT2D eigenvalue weighted by Crippen LogP contribution is -1.86. The number of nitrogens with zero attached hydrogens (tertiary/aromatic N) is 1. The fourth-order valence-corrected chi connectivity index (χ4v) is 0.911. The lowest BCUT2D eigenvalue weighted by Gasteiger charge is -2.00. The van der Waals surface area contributed by atoms with Crippen LogP contribution >= 0.6 is 0 Å². The third-order valence-electron chi connectivity index (χ3n) is 1.52. The van der Waals surface area contributed by atoms with E-state index in [0.29, 0.717) is 17.3 Å². The summed E-state index contributed by atoms with van der Waals surface area (Å²) in [7, 11) is 0. The molecule has 0 saturated heterocycles. The Bertz CT molecular complexity index is 367. The highest BCUT2D eigenvalue weighted by atomic mass is 16.5. The number of aromatic nitrogens is 1. The first-order chi connectivity index (χ1) is 6.34. The van der Waals surface area contributed by atoms with E-state index in [1.54, 1.807) is 30.3 Å². The van der Waals surface area contributed by atoms with Crippen LogP contribution in [0.3, 0.4) is 0 Å². The second-order valence-electron chi connectivity index (χ2n) is 2.51. The van der Waals surface area contributed by atoms with Crippen molar-refractivity contribution in [2.75, 3.05) is 5.73 Å². The predicted octanol–water partition coefficient (Wildman–Crippen LogP) is 2.05. The Labute approximate surface area is 74.9 Å². The van der Waals surface area contributed by atoms with Crippen LogP contribution in [0.1, 0.15) is 0 Å². The summed E-state index contributed by atoms with van der Waals surface area (Å²) >= 11 is 0. The van der Waals surface area contributed by atoms with Gasteiger partial charge in [-0.2, -0.15) is 0 Å². The number of hydrogen-bond acceptors (Lipinski definition) is 4. The fraction of sp³-hybridized carbons (Fsp3) is 0. The van der Waals surface area contributed by atoms with E-state index < -0.39 is 0 Å². The van der Waals surface area contributed by atoms with Gasteiger partial charge in [0.15, 0.2) is 0 Å². The van der Waals surface area contributed by atoms with E-state index in [0.717, 1.165) is 0 Å². The van der Waals surface area contributed by atoms with Gasteiger partial charge in [0.25, 0.3) is 5.88 Å². The van der Waals surface area contributed by atoms with E-state index in [2.05, 4.69) is 9.68 Å². The van der Waals surface area contributed by atoms with Gasteiger partial charge in [-0.25, -0.2) is 0 Å². The fourth-order valence-electron chi connectivity index (χ4n) is 0.911. The number of nitrogens with two attached hydrogens (primary N) is 1. The second kappa shape index (κ2) is 3.18. The minimum absolute atomic E-state index is 0.435. The van der Waals surface area contributed by atoms with Gasteiger partial charge in [-0.3, -0.25) is 0 Å². The maximum Gasteiger partial charge on any atom is 0.259 e. The number of anilines is 1. The molecular formula is C9H8N2O2. The van der Waals surface area contributed by atoms with Crippen molar-refractivity contribution in [3.63, 3.8) is 0 Å². The molecule has 0 aliphatic heterocycles. The Morgan fingerprint density at radius 2 is 1.92 bits per heavy atom. The molecule has 0 unspecified atom stereocenters. The van der Waals surface area contributed by atoms with Gasteiger partial charge in [0, 0.05) is 11.8 Å². The quantitative estimate of drug-likeness (QED) is 0.711. The summed E-state index contributed by atoms with van der Waals surface area (Å²) in [5.74, 6) is 1.12. The molecule has 2 N–H and O–H groups in total. The Morgan fingerprint density at radius 3 is 2.54 bits per heavy atom. The van der Waals surface area contributed by atoms with Crippen molar-refractivity contribution in [2.45, 2.75) is 0 Å². The van der Waals surface area contributed by atoms with Crippen LogP contribution in [0, 0.1) is 0 Å². The van der Waals surface area contributed by atoms with E-state index in [1.807, 2.05) is 0 Å². The molecule has 0 atom stereocenters. The van der Waals surface area contributed by atoms with E-state index in [9.17, 15) is 0 Å². The van der Waals surface area contributed by atoms with Crippen molar-refractivity contribution in [3.05, 3.63) is 36.6 Å². The highest BCUT2D eigenvalue weighted by Crippen LogP contribution is 2.19. The Hall–Kier alpha value is -1.97. The molecule has 0 aliphatic rings. The molecule has 66 valence electrons. The van der Waals surface area contributed by atoms with Gasteiger partial charge in [-0.05, 0) is 29.4 Å². The van der Waals surface area contributed by atoms with Gasteiger partial charge in [-0.15, -0.1) is 0 Å². The van der Waals surface area contributed by atoms with Crippen LogP contribution in [0.25, 0.3) is 0 Å². The molecule has 1 aromatic carbocycles. The largest absolute Gasteiger partial charge is 0.436 e. The molecule has 0 saturated carbocycles. The highest BCUT2D eigenvalue weighted by molar-refractivity contribution is 5.42. The van der Waals surface area contributed by atoms with Crippen molar-refractivity contribution in [1.29, 1.82) is 0 Å². The number of benzene rings is 1. The Balaban J connectivity index is 2.15. The predicted molar refractivity (Wildman–Crippen MR) is 47.4 cm³/mol. The molecule has 0 fully saturated rings. The van der Waals surface area contributed by atoms with Gasteiger partial charge in [0.2, 0.25) is 0 Å². The first-order valence-corrected chi connectivity index (χ1v) is 3.78. The average molecular weight is 176 g/mol. The summed E-state index contributed by atoms with van der Waals surface area (Å²) in [5.41, 5.74) is 6.21. The van der Waals surface area contributed by atoms with Gasteiger partial charge in [0.05, 0.1) is 0 Å². The number of ether oxygens (including phenoxy) is 1. The molecule has 0 spiro atoms. The Morgan fingerprint density at radius 1 is 1.15 bits per heavy atom. The van der Waals surface area contributed by atoms with Crippen LogP contribution < -0.4 is 10.5 Å². The lowest BCUT2D eigenvalue weighted by molar-refractivity contribution is 0.367. The monoisotopic (exact) mass is 176 g/mol. The maximum atomic E-state index is 5.51. The van der Waals surface area contributed by atoms with Crippen molar-refractivity contribution >= 4 is 5.69 Å². The molecule has 1 heterocycles. The summed E-state index contributed by atoms with van der Waals surface area (Å²) in [6, 6.07) is 8.69. The van der Waals surface area contributed by atoms with Crippen LogP contribution in [0.2, 0.25) is 0 Å². The molecule has 2 rings (SSSR count). The van der Waals surface area contributed by atoms with Crippen LogP contribution in [0.4, 0.5) is 5.69 Å². The zero-order valence-electron chi connectivity index (χ0n) is 6.81. The molecule has 2 aromatic rings. The second-order valence-corrected chi connectivity index (χ2v) is 2.51. The van der Waals surface area contributed by atoms with Crippen molar-refractivity contribution in [1.82, 2.24) is 5.16 Å². The van der Waals surface area contributed by atoms with E-state index in [-0.39, 0.29) is 0 Å². The smallest absolute Gasteiger partial charge is 0.259 e. The third kappa shape index (κ3) is 1.79. The summed E-state index contributed by atoms with van der Waals surface area (Å²) in [6.45, 7) is 0. The SMILES string of the molecule is Nc1ccc(Oc2ccon2)cc1. The maximum absolute atomic E-state index is 5.51. The van der Waals surface area contributed by atoms with Gasteiger partial charge in [0.1, 0.15) is 12.0 Å². The van der Waals surface area contributed by atoms with Crippen LogP contribution in [0.5, 0.6) is 11.6 Å². The van der Waals surface area contributed by atoms with E-state index >= 15 is 0 Å². The van der Waals surface area contributed by atoms with Crippen LogP contribution in [-0.2, 0) is 0 Å². The molecule has 1 aromatic heterocycles. The number of nitrogen functional groups attached to an aromatic ring is 1. The molecule has 4 nitrogen and oxygen atoms in total. The van der Waals surface area contributed by atoms with Crippen molar-refractivity contribution in [3.8, 4) is 11.6 Å². The molecular weight excluding hydrogens is 168 g/mol. The van der Waals surface area contributed by atoms with Crippen molar-refractivity contribution in [2.24, 2.45) is 0 Å². The number of hydrogen-bond donors (Lipinski definition) is 1. The first kappa shape index (κ1) is 7.67. The standard InChI is InChI=1S/C9H8N2O2/c10-7-1-3-8(4-2-7)13-9-5-6-12-11-9/h1-6H,10H2. The van der Waals surface area contributed by atoms with Gasteiger partial charge >= 0.3 is 0 Å². The average Bonchev–Trinajstić information content (AvgIpc) is 2.62. The van der Waals surface area contributed by atoms with Crippen molar-refractivity contribution < 1.29 is 9.26 Å². The summed E-state index contributed by atoms with van der Waals surface area (Å²) < 4.78 is 9.92. The molecule has 0 amide bonds. The zero-order chi connectivity index (χ0) is 9.10. The number of rotatable bonds is 2. The molecule has 13 heavy (non-hydrogen) atoms. The third-order valence-corrected chi connectivity index (χ3v) is 1.52. The first-order valence-electron chi connectivity index (χ1n) is 3.78. The highest BCUT2D eigenvalue weighted by Gasteiger charge is 1.98. The summed E-state index contributed by atoms with van der Waals surface area (Å²) in [5, 5.41) is 3.61. The van der Waals surface area contributed by atoms with E-state index in [4.69, 9.17) is 10.5 Å². The summed E-state index contributed by atoms with van der Waals surface area (Å²) in [6.07, 6.45) is 1.45. The summed E-state index contributed by atoms with van der Waals surface area (Å²) in [4.78, 5) is 0. The molecule has 0 aliphatic carbocycles. The zero-order valence-corrected chi connectivity index (χ0v) is 6.81. The van der Waals surface area contributed by atoms with E-state index in [1.165, 1.54) is 6.26 Å².